The Bertz CT molecular complexity index is 497. The lowest BCUT2D eigenvalue weighted by molar-refractivity contribution is 0.606. The highest BCUT2D eigenvalue weighted by atomic mass is 32.2. The zero-order valence-electron chi connectivity index (χ0n) is 9.45. The van der Waals surface area contributed by atoms with Crippen molar-refractivity contribution in [2.75, 3.05) is 16.3 Å². The molecule has 0 radical (unpaired) electrons. The fourth-order valence-electron chi connectivity index (χ4n) is 1.95. The molecule has 16 heavy (non-hydrogen) atoms. The van der Waals surface area contributed by atoms with Gasteiger partial charge in [0.05, 0.1) is 17.6 Å². The molecule has 0 aromatic heterocycles. The van der Waals surface area contributed by atoms with Crippen LogP contribution in [0.5, 0.6) is 0 Å². The van der Waals surface area contributed by atoms with E-state index in [0.717, 1.165) is 18.5 Å². The lowest BCUT2D eigenvalue weighted by Crippen LogP contribution is -2.23. The highest BCUT2D eigenvalue weighted by Gasteiger charge is 2.18. The summed E-state index contributed by atoms with van der Waals surface area (Å²) in [5.41, 5.74) is 2.74. The quantitative estimate of drug-likeness (QED) is 0.828. The van der Waals surface area contributed by atoms with Crippen molar-refractivity contribution in [2.45, 2.75) is 25.8 Å². The molecule has 1 aromatic rings. The van der Waals surface area contributed by atoms with Gasteiger partial charge in [-0.15, -0.1) is 0 Å². The van der Waals surface area contributed by atoms with E-state index in [1.165, 1.54) is 11.8 Å². The number of nitrogens with one attached hydrogen (secondary N) is 2. The molecule has 88 valence electrons. The van der Waals surface area contributed by atoms with Gasteiger partial charge in [-0.1, -0.05) is 12.1 Å². The van der Waals surface area contributed by atoms with Gasteiger partial charge in [0.25, 0.3) is 0 Å². The summed E-state index contributed by atoms with van der Waals surface area (Å²) in [6.45, 7) is 2.10. The van der Waals surface area contributed by atoms with Crippen molar-refractivity contribution in [2.24, 2.45) is 0 Å². The van der Waals surface area contributed by atoms with Gasteiger partial charge in [0.2, 0.25) is 10.0 Å². The molecule has 0 aliphatic carbocycles. The smallest absolute Gasteiger partial charge is 0.229 e. The van der Waals surface area contributed by atoms with Crippen LogP contribution in [-0.4, -0.2) is 20.7 Å². The second kappa shape index (κ2) is 3.97. The number of aryl methyl sites for hydroxylation is 1. The maximum absolute atomic E-state index is 11.2. The van der Waals surface area contributed by atoms with E-state index in [1.54, 1.807) is 6.07 Å². The second-order valence-corrected chi connectivity index (χ2v) is 6.05. The number of anilines is 2. The van der Waals surface area contributed by atoms with E-state index in [2.05, 4.69) is 17.0 Å². The fourth-order valence-corrected chi connectivity index (χ4v) is 2.52. The van der Waals surface area contributed by atoms with Crippen molar-refractivity contribution in [1.29, 1.82) is 0 Å². The van der Waals surface area contributed by atoms with Crippen molar-refractivity contribution in [3.8, 4) is 0 Å². The Kier molecular flexibility index (Phi) is 2.80. The zero-order chi connectivity index (χ0) is 11.8. The first-order valence-corrected chi connectivity index (χ1v) is 7.21. The van der Waals surface area contributed by atoms with Gasteiger partial charge in [-0.25, -0.2) is 8.42 Å². The van der Waals surface area contributed by atoms with Crippen LogP contribution in [0.3, 0.4) is 0 Å². The van der Waals surface area contributed by atoms with Gasteiger partial charge < -0.3 is 5.32 Å². The number of para-hydroxylation sites is 1. The lowest BCUT2D eigenvalue weighted by atomic mass is 9.98. The van der Waals surface area contributed by atoms with Gasteiger partial charge in [-0.3, -0.25) is 4.72 Å². The minimum absolute atomic E-state index is 0.384. The van der Waals surface area contributed by atoms with E-state index in [1.807, 2.05) is 12.1 Å². The number of sulfonamides is 1. The molecule has 2 rings (SSSR count). The summed E-state index contributed by atoms with van der Waals surface area (Å²) in [6.07, 6.45) is 3.23. The van der Waals surface area contributed by atoms with E-state index in [4.69, 9.17) is 0 Å². The maximum Gasteiger partial charge on any atom is 0.229 e. The van der Waals surface area contributed by atoms with Gasteiger partial charge in [-0.05, 0) is 31.4 Å². The Labute approximate surface area is 96.1 Å². The summed E-state index contributed by atoms with van der Waals surface area (Å²) in [6, 6.07) is 6.08. The largest absolute Gasteiger partial charge is 0.381 e. The van der Waals surface area contributed by atoms with Crippen LogP contribution < -0.4 is 10.0 Å². The molecule has 0 saturated heterocycles. The van der Waals surface area contributed by atoms with Gasteiger partial charge in [-0.2, -0.15) is 0 Å². The molecule has 1 unspecified atom stereocenters. The molecule has 5 heteroatoms. The van der Waals surface area contributed by atoms with Crippen LogP contribution >= 0.6 is 0 Å². The van der Waals surface area contributed by atoms with E-state index in [-0.39, 0.29) is 0 Å². The van der Waals surface area contributed by atoms with Gasteiger partial charge in [0.1, 0.15) is 0 Å². The minimum Gasteiger partial charge on any atom is -0.381 e. The summed E-state index contributed by atoms with van der Waals surface area (Å²) in [5.74, 6) is 0. The van der Waals surface area contributed by atoms with Crippen LogP contribution in [0.1, 0.15) is 18.9 Å². The average Bonchev–Trinajstić information content (AvgIpc) is 2.17. The van der Waals surface area contributed by atoms with Crippen molar-refractivity contribution in [3.63, 3.8) is 0 Å². The van der Waals surface area contributed by atoms with E-state index < -0.39 is 10.0 Å². The van der Waals surface area contributed by atoms with Crippen LogP contribution in [-0.2, 0) is 16.4 Å². The van der Waals surface area contributed by atoms with Crippen molar-refractivity contribution < 1.29 is 8.42 Å². The first-order chi connectivity index (χ1) is 7.46. The third kappa shape index (κ3) is 2.47. The van der Waals surface area contributed by atoms with Crippen LogP contribution in [0, 0.1) is 0 Å². The van der Waals surface area contributed by atoms with E-state index in [0.29, 0.717) is 11.7 Å². The Balaban J connectivity index is 2.39. The minimum atomic E-state index is -3.22. The Morgan fingerprint density at radius 2 is 2.19 bits per heavy atom. The molecule has 0 amide bonds. The normalized spacial score (nSPS) is 19.8. The molecule has 1 heterocycles. The average molecular weight is 240 g/mol. The lowest BCUT2D eigenvalue weighted by Gasteiger charge is -2.26. The van der Waals surface area contributed by atoms with Crippen LogP contribution in [0.2, 0.25) is 0 Å². The molecular weight excluding hydrogens is 224 g/mol. The summed E-state index contributed by atoms with van der Waals surface area (Å²) >= 11 is 0. The van der Waals surface area contributed by atoms with E-state index >= 15 is 0 Å². The summed E-state index contributed by atoms with van der Waals surface area (Å²) < 4.78 is 25.0. The molecule has 0 fully saturated rings. The number of fused-ring (bicyclic) bond motifs is 1. The molecule has 0 bridgehead atoms. The van der Waals surface area contributed by atoms with Crippen molar-refractivity contribution in [1.82, 2.24) is 0 Å². The maximum atomic E-state index is 11.2. The third-order valence-corrected chi connectivity index (χ3v) is 3.27. The highest BCUT2D eigenvalue weighted by Crippen LogP contribution is 2.32. The zero-order valence-corrected chi connectivity index (χ0v) is 10.3. The molecule has 1 atom stereocenters. The number of benzene rings is 1. The van der Waals surface area contributed by atoms with Crippen molar-refractivity contribution >= 4 is 21.4 Å². The Hall–Kier alpha value is -1.23. The van der Waals surface area contributed by atoms with Crippen LogP contribution in [0.15, 0.2) is 18.2 Å². The van der Waals surface area contributed by atoms with Gasteiger partial charge >= 0.3 is 0 Å². The Morgan fingerprint density at radius 3 is 2.88 bits per heavy atom. The first-order valence-electron chi connectivity index (χ1n) is 5.32. The summed E-state index contributed by atoms with van der Waals surface area (Å²) in [5, 5.41) is 3.32. The fraction of sp³-hybridized carbons (Fsp3) is 0.455. The topological polar surface area (TPSA) is 58.2 Å². The number of hydrogen-bond donors (Lipinski definition) is 2. The van der Waals surface area contributed by atoms with Gasteiger partial charge in [0, 0.05) is 6.04 Å². The molecule has 0 saturated carbocycles. The molecule has 2 N–H and O–H groups in total. The first kappa shape index (κ1) is 11.3. The predicted molar refractivity (Wildman–Crippen MR) is 66.3 cm³/mol. The van der Waals surface area contributed by atoms with Crippen LogP contribution in [0.25, 0.3) is 0 Å². The monoisotopic (exact) mass is 240 g/mol. The van der Waals surface area contributed by atoms with Crippen LogP contribution in [0.4, 0.5) is 11.4 Å². The highest BCUT2D eigenvalue weighted by molar-refractivity contribution is 7.92. The number of rotatable bonds is 2. The molecular formula is C11H16N2O2S. The Morgan fingerprint density at radius 1 is 1.44 bits per heavy atom. The summed E-state index contributed by atoms with van der Waals surface area (Å²) in [4.78, 5) is 0. The second-order valence-electron chi connectivity index (χ2n) is 4.30. The third-order valence-electron chi connectivity index (χ3n) is 2.68. The standard InChI is InChI=1S/C11H16N2O2S/c1-8-6-7-9-4-3-5-10(11(9)12-8)13-16(2,14)15/h3-5,8,12-13H,6-7H2,1-2H3. The predicted octanol–water partition coefficient (Wildman–Crippen LogP) is 1.80. The SMILES string of the molecule is CC1CCc2cccc(NS(C)(=O)=O)c2N1. The van der Waals surface area contributed by atoms with E-state index in [9.17, 15) is 8.42 Å². The summed E-state index contributed by atoms with van der Waals surface area (Å²) in [7, 11) is -3.22. The molecule has 1 aliphatic heterocycles. The molecule has 4 nitrogen and oxygen atoms in total. The van der Waals surface area contributed by atoms with Crippen molar-refractivity contribution in [3.05, 3.63) is 23.8 Å². The molecule has 1 aliphatic rings. The van der Waals surface area contributed by atoms with Gasteiger partial charge in [0.15, 0.2) is 0 Å². The molecule has 1 aromatic carbocycles. The molecule has 0 spiro atoms. The number of hydrogen-bond acceptors (Lipinski definition) is 3.